The smallest absolute Gasteiger partial charge is 0.243 e. The number of carbonyl (C=O) groups excluding carboxylic acids is 1. The van der Waals surface area contributed by atoms with Crippen LogP contribution >= 0.6 is 22.6 Å². The van der Waals surface area contributed by atoms with Crippen LogP contribution in [0.3, 0.4) is 0 Å². The molecule has 0 aliphatic rings. The molecule has 0 saturated heterocycles. The van der Waals surface area contributed by atoms with Gasteiger partial charge >= 0.3 is 0 Å². The molecule has 2 rings (SSSR count). The van der Waals surface area contributed by atoms with E-state index in [4.69, 9.17) is 4.74 Å². The third-order valence-corrected chi connectivity index (χ3v) is 3.53. The van der Waals surface area contributed by atoms with Crippen molar-refractivity contribution in [2.24, 2.45) is 0 Å². The summed E-state index contributed by atoms with van der Waals surface area (Å²) in [6.45, 7) is 4.18. The summed E-state index contributed by atoms with van der Waals surface area (Å²) in [5.74, 6) is 0.709. The molecule has 0 spiro atoms. The molecule has 0 aliphatic heterocycles. The Morgan fingerprint density at radius 2 is 1.64 bits per heavy atom. The molecule has 2 aromatic rings. The van der Waals surface area contributed by atoms with Crippen LogP contribution in [0.4, 0.5) is 11.4 Å². The van der Waals surface area contributed by atoms with Crippen LogP contribution in [-0.2, 0) is 4.79 Å². The van der Waals surface area contributed by atoms with Gasteiger partial charge in [0.15, 0.2) is 0 Å². The van der Waals surface area contributed by atoms with Crippen LogP contribution in [0.25, 0.3) is 0 Å². The molecule has 0 saturated carbocycles. The molecule has 2 aromatic carbocycles. The highest BCUT2D eigenvalue weighted by molar-refractivity contribution is 14.1. The van der Waals surface area contributed by atoms with Gasteiger partial charge in [0.2, 0.25) is 5.91 Å². The summed E-state index contributed by atoms with van der Waals surface area (Å²) in [5.41, 5.74) is 1.68. The number of hydrogen-bond donors (Lipinski definition) is 2. The van der Waals surface area contributed by atoms with E-state index < -0.39 is 0 Å². The van der Waals surface area contributed by atoms with Gasteiger partial charge in [-0.05, 0) is 85.0 Å². The molecule has 0 unspecified atom stereocenters. The molecule has 22 heavy (non-hydrogen) atoms. The van der Waals surface area contributed by atoms with Gasteiger partial charge in [-0.2, -0.15) is 0 Å². The first-order valence-corrected chi connectivity index (χ1v) is 8.17. The number of halogens is 1. The van der Waals surface area contributed by atoms with Crippen molar-refractivity contribution < 1.29 is 9.53 Å². The Morgan fingerprint density at radius 1 is 1.05 bits per heavy atom. The van der Waals surface area contributed by atoms with Crippen LogP contribution in [0.2, 0.25) is 0 Å². The van der Waals surface area contributed by atoms with Gasteiger partial charge in [0.05, 0.1) is 12.6 Å². The normalized spacial score (nSPS) is 10.4. The highest BCUT2D eigenvalue weighted by atomic mass is 127. The largest absolute Gasteiger partial charge is 0.491 e. The first-order valence-electron chi connectivity index (χ1n) is 7.09. The lowest BCUT2D eigenvalue weighted by atomic mass is 10.3. The Hall–Kier alpha value is -1.76. The molecule has 0 fully saturated rings. The molecule has 1 amide bonds. The first-order chi connectivity index (χ1) is 10.5. The van der Waals surface area contributed by atoms with E-state index in [-0.39, 0.29) is 18.6 Å². The molecule has 116 valence electrons. The second-order valence-corrected chi connectivity index (χ2v) is 6.35. The molecule has 0 atom stereocenters. The van der Waals surface area contributed by atoms with Crippen molar-refractivity contribution in [3.63, 3.8) is 0 Å². The number of amides is 1. The Morgan fingerprint density at radius 3 is 2.23 bits per heavy atom. The summed E-state index contributed by atoms with van der Waals surface area (Å²) in [5, 5.41) is 5.93. The monoisotopic (exact) mass is 410 g/mol. The molecular formula is C17H19IN2O2. The maximum absolute atomic E-state index is 11.9. The minimum Gasteiger partial charge on any atom is -0.491 e. The molecule has 5 heteroatoms. The van der Waals surface area contributed by atoms with Crippen LogP contribution in [0.1, 0.15) is 13.8 Å². The average Bonchev–Trinajstić information content (AvgIpc) is 2.48. The van der Waals surface area contributed by atoms with Gasteiger partial charge in [0.1, 0.15) is 5.75 Å². The van der Waals surface area contributed by atoms with Crippen molar-refractivity contribution in [2.45, 2.75) is 20.0 Å². The van der Waals surface area contributed by atoms with E-state index in [0.29, 0.717) is 0 Å². The number of rotatable bonds is 6. The summed E-state index contributed by atoms with van der Waals surface area (Å²) in [6, 6.07) is 15.3. The van der Waals surface area contributed by atoms with E-state index in [1.54, 1.807) is 0 Å². The number of benzene rings is 2. The van der Waals surface area contributed by atoms with Crippen LogP contribution in [-0.4, -0.2) is 18.6 Å². The van der Waals surface area contributed by atoms with Gasteiger partial charge in [-0.25, -0.2) is 0 Å². The topological polar surface area (TPSA) is 50.4 Å². The first kappa shape index (κ1) is 16.6. The lowest BCUT2D eigenvalue weighted by molar-refractivity contribution is -0.114. The Labute approximate surface area is 144 Å². The molecule has 0 aromatic heterocycles. The van der Waals surface area contributed by atoms with Crippen molar-refractivity contribution in [3.8, 4) is 5.75 Å². The lowest BCUT2D eigenvalue weighted by Gasteiger charge is -2.11. The van der Waals surface area contributed by atoms with Crippen LogP contribution in [0.5, 0.6) is 5.75 Å². The zero-order valence-corrected chi connectivity index (χ0v) is 14.8. The van der Waals surface area contributed by atoms with Crippen molar-refractivity contribution in [1.82, 2.24) is 0 Å². The van der Waals surface area contributed by atoms with E-state index in [1.807, 2.05) is 62.4 Å². The minimum absolute atomic E-state index is 0.0870. The molecule has 4 nitrogen and oxygen atoms in total. The van der Waals surface area contributed by atoms with Gasteiger partial charge in [0, 0.05) is 14.9 Å². The SMILES string of the molecule is CC(C)Oc1ccc(NC(=O)CNc2ccc(I)cc2)cc1. The van der Waals surface area contributed by atoms with E-state index in [1.165, 1.54) is 0 Å². The maximum Gasteiger partial charge on any atom is 0.243 e. The van der Waals surface area contributed by atoms with E-state index in [2.05, 4.69) is 33.2 Å². The van der Waals surface area contributed by atoms with Crippen molar-refractivity contribution in [3.05, 3.63) is 52.1 Å². The van der Waals surface area contributed by atoms with Gasteiger partial charge < -0.3 is 15.4 Å². The lowest BCUT2D eigenvalue weighted by Crippen LogP contribution is -2.21. The van der Waals surface area contributed by atoms with Crippen LogP contribution < -0.4 is 15.4 Å². The number of ether oxygens (including phenoxy) is 1. The fourth-order valence-electron chi connectivity index (χ4n) is 1.84. The highest BCUT2D eigenvalue weighted by Crippen LogP contribution is 2.17. The molecular weight excluding hydrogens is 391 g/mol. The average molecular weight is 410 g/mol. The third-order valence-electron chi connectivity index (χ3n) is 2.81. The number of nitrogens with one attached hydrogen (secondary N) is 2. The minimum atomic E-state index is -0.0870. The Kier molecular flexibility index (Phi) is 6.06. The summed E-state index contributed by atoms with van der Waals surface area (Å²) >= 11 is 2.25. The quantitative estimate of drug-likeness (QED) is 0.705. The highest BCUT2D eigenvalue weighted by Gasteiger charge is 2.03. The predicted molar refractivity (Wildman–Crippen MR) is 98.5 cm³/mol. The van der Waals surface area contributed by atoms with Crippen molar-refractivity contribution >= 4 is 39.9 Å². The van der Waals surface area contributed by atoms with Gasteiger partial charge in [-0.15, -0.1) is 0 Å². The second kappa shape index (κ2) is 8.03. The number of anilines is 2. The van der Waals surface area contributed by atoms with Crippen LogP contribution in [0.15, 0.2) is 48.5 Å². The molecule has 0 radical (unpaired) electrons. The van der Waals surface area contributed by atoms with Crippen LogP contribution in [0, 0.1) is 3.57 Å². The summed E-state index contributed by atoms with van der Waals surface area (Å²) in [7, 11) is 0. The molecule has 2 N–H and O–H groups in total. The van der Waals surface area contributed by atoms with Gasteiger partial charge in [-0.1, -0.05) is 0 Å². The zero-order valence-electron chi connectivity index (χ0n) is 12.6. The van der Waals surface area contributed by atoms with E-state index in [0.717, 1.165) is 20.7 Å². The number of carbonyl (C=O) groups is 1. The second-order valence-electron chi connectivity index (χ2n) is 5.10. The van der Waals surface area contributed by atoms with E-state index in [9.17, 15) is 4.79 Å². The Balaban J connectivity index is 1.82. The van der Waals surface area contributed by atoms with E-state index >= 15 is 0 Å². The molecule has 0 aliphatic carbocycles. The summed E-state index contributed by atoms with van der Waals surface area (Å²) in [6.07, 6.45) is 0.138. The third kappa shape index (κ3) is 5.55. The predicted octanol–water partition coefficient (Wildman–Crippen LogP) is 4.13. The standard InChI is InChI=1S/C17H19IN2O2/c1-12(2)22-16-9-7-15(8-10-16)20-17(21)11-19-14-5-3-13(18)4-6-14/h3-10,12,19H,11H2,1-2H3,(H,20,21). The summed E-state index contributed by atoms with van der Waals surface area (Å²) in [4.78, 5) is 11.9. The molecule has 0 bridgehead atoms. The van der Waals surface area contributed by atoms with Gasteiger partial charge in [-0.3, -0.25) is 4.79 Å². The fourth-order valence-corrected chi connectivity index (χ4v) is 2.20. The summed E-state index contributed by atoms with van der Waals surface area (Å²) < 4.78 is 6.73. The Bertz CT molecular complexity index is 610. The number of hydrogen-bond acceptors (Lipinski definition) is 3. The fraction of sp³-hybridized carbons (Fsp3) is 0.235. The van der Waals surface area contributed by atoms with Gasteiger partial charge in [0.25, 0.3) is 0 Å². The maximum atomic E-state index is 11.9. The molecule has 0 heterocycles. The van der Waals surface area contributed by atoms with Crippen molar-refractivity contribution in [2.75, 3.05) is 17.2 Å². The zero-order chi connectivity index (χ0) is 15.9. The van der Waals surface area contributed by atoms with Crippen molar-refractivity contribution in [1.29, 1.82) is 0 Å².